The molecule has 0 saturated heterocycles. The standard InChI is InChI=1S/C119H206O16P2/c1-4-7-10-13-16-19-22-25-28-31-34-37-40-43-46-49-52-54-56-58-61-63-66-69-72-75-78-81-84-87-90-93-96-99-102-105-117(122)129-108-114(120)109-131-136(125,126)132-110-115(121)111-133-137(127,128)134-113-116(135-119(124)107-104-101-98-95-92-89-86-83-80-77-74-71-68-65-60-51-48-45-42-39-36-33-30-27-24-21-18-15-12-9-6-3)112-130-118(123)106-103-100-97-94-91-88-85-82-79-76-73-70-67-64-62-59-57-55-53-50-47-44-41-38-35-32-29-26-23-20-17-14-11-8-5-2/h7-12,16-21,25-30,34-39,43-48,114-116,120-121H,4-6,13-15,22-24,31-33,40-42,49-113H2,1-3H3,(H,125,126)(H,127,128)/b10-7-,11-8-,12-9-,19-16-,20-17-,21-18-,28-25-,29-26-,30-27-,37-34-,38-35-,39-36-,46-43-,47-44-,48-45-. The van der Waals surface area contributed by atoms with Crippen LogP contribution < -0.4 is 0 Å². The highest BCUT2D eigenvalue weighted by atomic mass is 31.2. The van der Waals surface area contributed by atoms with Crippen LogP contribution in [-0.4, -0.2) is 95.9 Å². The van der Waals surface area contributed by atoms with Gasteiger partial charge in [0.1, 0.15) is 25.4 Å². The Bertz CT molecular complexity index is 3220. The molecule has 5 unspecified atom stereocenters. The molecule has 0 bridgehead atoms. The lowest BCUT2D eigenvalue weighted by atomic mass is 10.0. The first-order valence-electron chi connectivity index (χ1n) is 56.1. The van der Waals surface area contributed by atoms with E-state index in [1.165, 1.54) is 270 Å². The summed E-state index contributed by atoms with van der Waals surface area (Å²) < 4.78 is 61.9. The molecular weight excluding hydrogens is 1750 g/mol. The van der Waals surface area contributed by atoms with Gasteiger partial charge in [-0.25, -0.2) is 9.13 Å². The average molecular weight is 1950 g/mol. The van der Waals surface area contributed by atoms with Crippen molar-refractivity contribution in [1.29, 1.82) is 0 Å². The maximum Gasteiger partial charge on any atom is 0.472 e. The largest absolute Gasteiger partial charge is 0.472 e. The van der Waals surface area contributed by atoms with Crippen LogP contribution in [0.1, 0.15) is 496 Å². The highest BCUT2D eigenvalue weighted by Gasteiger charge is 2.30. The lowest BCUT2D eigenvalue weighted by molar-refractivity contribution is -0.161. The Hall–Kier alpha value is -5.35. The molecule has 0 aliphatic carbocycles. The van der Waals surface area contributed by atoms with E-state index in [9.17, 15) is 43.5 Å². The second-order valence-electron chi connectivity index (χ2n) is 37.4. The summed E-state index contributed by atoms with van der Waals surface area (Å²) in [4.78, 5) is 59.4. The molecule has 0 aliphatic rings. The van der Waals surface area contributed by atoms with Crippen LogP contribution in [0.25, 0.3) is 0 Å². The molecule has 0 aliphatic heterocycles. The average Bonchev–Trinajstić information content (AvgIpc) is 0.898. The zero-order valence-electron chi connectivity index (χ0n) is 87.7. The van der Waals surface area contributed by atoms with Crippen molar-refractivity contribution in [1.82, 2.24) is 0 Å². The third kappa shape index (κ3) is 111. The topological polar surface area (TPSA) is 231 Å². The summed E-state index contributed by atoms with van der Waals surface area (Å²) in [6.45, 7) is 2.45. The van der Waals surface area contributed by atoms with Crippen molar-refractivity contribution in [2.24, 2.45) is 0 Å². The second kappa shape index (κ2) is 109. The van der Waals surface area contributed by atoms with Crippen LogP contribution in [-0.2, 0) is 55.8 Å². The first kappa shape index (κ1) is 132. The molecule has 0 rings (SSSR count). The number of phosphoric ester groups is 2. The number of phosphoric acid groups is 2. The van der Waals surface area contributed by atoms with E-state index in [4.69, 9.17) is 32.3 Å². The molecule has 5 atom stereocenters. The van der Waals surface area contributed by atoms with Gasteiger partial charge in [0.2, 0.25) is 0 Å². The third-order valence-electron chi connectivity index (χ3n) is 24.1. The van der Waals surface area contributed by atoms with Gasteiger partial charge in [0.05, 0.1) is 26.4 Å². The van der Waals surface area contributed by atoms with Crippen LogP contribution >= 0.6 is 15.6 Å². The monoisotopic (exact) mass is 1950 g/mol. The predicted molar refractivity (Wildman–Crippen MR) is 583 cm³/mol. The van der Waals surface area contributed by atoms with Crippen LogP contribution in [0.3, 0.4) is 0 Å². The molecule has 0 heterocycles. The molecule has 0 amide bonds. The van der Waals surface area contributed by atoms with Gasteiger partial charge in [0, 0.05) is 19.3 Å². The highest BCUT2D eigenvalue weighted by Crippen LogP contribution is 2.45. The van der Waals surface area contributed by atoms with E-state index in [1.54, 1.807) is 0 Å². The van der Waals surface area contributed by atoms with Crippen LogP contribution in [0.4, 0.5) is 0 Å². The van der Waals surface area contributed by atoms with Crippen molar-refractivity contribution < 1.29 is 75.8 Å². The Morgan fingerprint density at radius 2 is 0.365 bits per heavy atom. The Morgan fingerprint density at radius 3 is 0.577 bits per heavy atom. The summed E-state index contributed by atoms with van der Waals surface area (Å²) in [7, 11) is -9.82. The zero-order chi connectivity index (χ0) is 99.2. The van der Waals surface area contributed by atoms with E-state index in [2.05, 4.69) is 203 Å². The number of allylic oxidation sites excluding steroid dienone is 30. The number of carbonyl (C=O) groups excluding carboxylic acids is 3. The minimum atomic E-state index is -4.95. The SMILES string of the molecule is CC/C=C\C/C=C\C/C=C\C/C=C\C/C=C\CCCCCCCCCCCCCCCCCCCCCC(=O)OCC(O)COP(=O)(O)OCC(O)COP(=O)(O)OCC(COC(=O)CCCCCCCCCCCCCCCCCCCCC/C=C\C/C=C\C/C=C\C/C=C\C/C=C\CC)OC(=O)CCCCCCCCCCCCCCCCC/C=C\C/C=C\C/C=C\C/C=C\C/C=C\CC. The number of ether oxygens (including phenoxy) is 3. The number of hydrogen-bond donors (Lipinski definition) is 4. The third-order valence-corrected chi connectivity index (χ3v) is 26.0. The van der Waals surface area contributed by atoms with Crippen LogP contribution in [0, 0.1) is 0 Å². The van der Waals surface area contributed by atoms with E-state index < -0.39 is 91.5 Å². The maximum atomic E-state index is 13.2. The summed E-state index contributed by atoms with van der Waals surface area (Å²) in [6, 6.07) is 0. The summed E-state index contributed by atoms with van der Waals surface area (Å²) >= 11 is 0. The van der Waals surface area contributed by atoms with Crippen LogP contribution in [0.2, 0.25) is 0 Å². The van der Waals surface area contributed by atoms with Crippen molar-refractivity contribution >= 4 is 33.6 Å². The van der Waals surface area contributed by atoms with E-state index >= 15 is 0 Å². The first-order valence-corrected chi connectivity index (χ1v) is 59.1. The number of rotatable bonds is 106. The Labute approximate surface area is 840 Å². The van der Waals surface area contributed by atoms with Crippen molar-refractivity contribution in [3.05, 3.63) is 182 Å². The lowest BCUT2D eigenvalue weighted by Crippen LogP contribution is -2.30. The predicted octanol–water partition coefficient (Wildman–Crippen LogP) is 36.2. The van der Waals surface area contributed by atoms with Crippen molar-refractivity contribution in [2.45, 2.75) is 514 Å². The Kier molecular flexibility index (Phi) is 105. The molecule has 0 aromatic carbocycles. The summed E-state index contributed by atoms with van der Waals surface area (Å²) in [5.41, 5.74) is 0. The number of aliphatic hydroxyl groups is 2. The number of carbonyl (C=O) groups is 3. The van der Waals surface area contributed by atoms with E-state index in [0.29, 0.717) is 19.3 Å². The summed E-state index contributed by atoms with van der Waals surface area (Å²) in [6.07, 6.45) is 147. The normalized spacial score (nSPS) is 14.2. The van der Waals surface area contributed by atoms with E-state index in [1.807, 2.05) is 0 Å². The van der Waals surface area contributed by atoms with Gasteiger partial charge in [-0.05, 0) is 154 Å². The second-order valence-corrected chi connectivity index (χ2v) is 40.3. The minimum Gasteiger partial charge on any atom is -0.463 e. The molecule has 0 fully saturated rings. The Morgan fingerprint density at radius 1 is 0.204 bits per heavy atom. The zero-order valence-corrected chi connectivity index (χ0v) is 89.5. The lowest BCUT2D eigenvalue weighted by Gasteiger charge is -2.21. The molecule has 0 radical (unpaired) electrons. The molecule has 16 nitrogen and oxygen atoms in total. The molecule has 4 N–H and O–H groups in total. The van der Waals surface area contributed by atoms with Gasteiger partial charge >= 0.3 is 33.6 Å². The number of esters is 3. The molecule has 18 heteroatoms. The summed E-state index contributed by atoms with van der Waals surface area (Å²) in [5.74, 6) is -1.55. The van der Waals surface area contributed by atoms with Gasteiger partial charge in [-0.1, -0.05) is 505 Å². The van der Waals surface area contributed by atoms with Crippen LogP contribution in [0.15, 0.2) is 182 Å². The first-order chi connectivity index (χ1) is 67.2. The van der Waals surface area contributed by atoms with Crippen LogP contribution in [0.5, 0.6) is 0 Å². The molecule has 0 spiro atoms. The van der Waals surface area contributed by atoms with Gasteiger partial charge in [0.15, 0.2) is 6.10 Å². The highest BCUT2D eigenvalue weighted by molar-refractivity contribution is 7.47. The van der Waals surface area contributed by atoms with Gasteiger partial charge in [-0.2, -0.15) is 0 Å². The summed E-state index contributed by atoms with van der Waals surface area (Å²) in [5, 5.41) is 20.8. The molecule has 788 valence electrons. The van der Waals surface area contributed by atoms with Gasteiger partial charge in [0.25, 0.3) is 0 Å². The maximum absolute atomic E-state index is 13.2. The fraction of sp³-hybridized carbons (Fsp3) is 0.723. The molecule has 137 heavy (non-hydrogen) atoms. The number of unbranched alkanes of at least 4 members (excludes halogenated alkanes) is 53. The fourth-order valence-corrected chi connectivity index (χ4v) is 17.4. The quantitative estimate of drug-likeness (QED) is 0.0146. The van der Waals surface area contributed by atoms with Crippen molar-refractivity contribution in [3.63, 3.8) is 0 Å². The number of aliphatic hydroxyl groups excluding tert-OH is 2. The molecular formula is C119H206O16P2. The molecule has 0 aromatic rings. The van der Waals surface area contributed by atoms with Gasteiger partial charge < -0.3 is 34.2 Å². The fourth-order valence-electron chi connectivity index (χ4n) is 15.8. The van der Waals surface area contributed by atoms with Gasteiger partial charge in [-0.15, -0.1) is 0 Å². The smallest absolute Gasteiger partial charge is 0.463 e. The van der Waals surface area contributed by atoms with Gasteiger partial charge in [-0.3, -0.25) is 32.5 Å². The van der Waals surface area contributed by atoms with Crippen molar-refractivity contribution in [2.75, 3.05) is 39.6 Å². The minimum absolute atomic E-state index is 0.103. The Balaban J connectivity index is 4.58. The molecule has 0 aromatic heterocycles. The van der Waals surface area contributed by atoms with E-state index in [-0.39, 0.29) is 19.3 Å². The van der Waals surface area contributed by atoms with Crippen molar-refractivity contribution in [3.8, 4) is 0 Å². The molecule has 0 saturated carbocycles. The van der Waals surface area contributed by atoms with E-state index in [0.717, 1.165) is 167 Å². The number of hydrogen-bond acceptors (Lipinski definition) is 14.